The van der Waals surface area contributed by atoms with E-state index < -0.39 is 0 Å². The van der Waals surface area contributed by atoms with Crippen LogP contribution in [0.4, 0.5) is 0 Å². The summed E-state index contributed by atoms with van der Waals surface area (Å²) in [7, 11) is 0. The van der Waals surface area contributed by atoms with Crippen molar-refractivity contribution in [2.24, 2.45) is 0 Å². The molecule has 0 unspecified atom stereocenters. The lowest BCUT2D eigenvalue weighted by atomic mass is 10.4. The highest BCUT2D eigenvalue weighted by Crippen LogP contribution is 2.03. The lowest BCUT2D eigenvalue weighted by Crippen LogP contribution is -2.18. The van der Waals surface area contributed by atoms with Crippen molar-refractivity contribution in [2.75, 3.05) is 12.0 Å². The fourth-order valence-electron chi connectivity index (χ4n) is 1.27. The van der Waals surface area contributed by atoms with Crippen molar-refractivity contribution in [2.45, 2.75) is 27.2 Å². The lowest BCUT2D eigenvalue weighted by Gasteiger charge is -2.10. The SMILES string of the molecule is CC#CCCNn1c(C)ccc1C. The van der Waals surface area contributed by atoms with Crippen LogP contribution in [0.25, 0.3) is 0 Å². The largest absolute Gasteiger partial charge is 0.325 e. The first-order valence-electron chi connectivity index (χ1n) is 4.54. The average Bonchev–Trinajstić information content (AvgIpc) is 2.42. The summed E-state index contributed by atoms with van der Waals surface area (Å²) in [6.07, 6.45) is 0.896. The number of nitrogens with zero attached hydrogens (tertiary/aromatic N) is 1. The van der Waals surface area contributed by atoms with E-state index in [0.717, 1.165) is 13.0 Å². The molecule has 0 aliphatic carbocycles. The van der Waals surface area contributed by atoms with Crippen molar-refractivity contribution in [3.8, 4) is 11.8 Å². The molecule has 13 heavy (non-hydrogen) atoms. The Labute approximate surface area is 79.9 Å². The summed E-state index contributed by atoms with van der Waals surface area (Å²) in [6.45, 7) is 6.94. The first-order chi connectivity index (χ1) is 6.25. The van der Waals surface area contributed by atoms with E-state index >= 15 is 0 Å². The summed E-state index contributed by atoms with van der Waals surface area (Å²) in [5.41, 5.74) is 5.79. The molecule has 0 fully saturated rings. The first kappa shape index (κ1) is 9.73. The molecule has 70 valence electrons. The summed E-state index contributed by atoms with van der Waals surface area (Å²) in [5.74, 6) is 5.90. The minimum atomic E-state index is 0.896. The number of rotatable bonds is 3. The van der Waals surface area contributed by atoms with Gasteiger partial charge in [-0.05, 0) is 32.9 Å². The zero-order chi connectivity index (χ0) is 9.68. The molecule has 0 aliphatic heterocycles. The maximum Gasteiger partial charge on any atom is 0.0423 e. The zero-order valence-electron chi connectivity index (χ0n) is 8.52. The molecule has 1 aromatic rings. The van der Waals surface area contributed by atoms with Crippen molar-refractivity contribution >= 4 is 0 Å². The Hall–Kier alpha value is -1.36. The smallest absolute Gasteiger partial charge is 0.0423 e. The van der Waals surface area contributed by atoms with Crippen LogP contribution < -0.4 is 5.43 Å². The van der Waals surface area contributed by atoms with Gasteiger partial charge in [-0.1, -0.05) is 0 Å². The van der Waals surface area contributed by atoms with Crippen LogP contribution in [0.3, 0.4) is 0 Å². The summed E-state index contributed by atoms with van der Waals surface area (Å²) in [5, 5.41) is 0. The third-order valence-corrected chi connectivity index (χ3v) is 1.97. The molecule has 0 aromatic carbocycles. The van der Waals surface area contributed by atoms with Crippen LogP contribution >= 0.6 is 0 Å². The highest BCUT2D eigenvalue weighted by atomic mass is 15.4. The van der Waals surface area contributed by atoms with Gasteiger partial charge in [-0.2, -0.15) is 0 Å². The summed E-state index contributed by atoms with van der Waals surface area (Å²) in [4.78, 5) is 0. The van der Waals surface area contributed by atoms with Crippen LogP contribution in [0.1, 0.15) is 24.7 Å². The van der Waals surface area contributed by atoms with Gasteiger partial charge in [-0.25, -0.2) is 0 Å². The number of aromatic nitrogens is 1. The molecule has 0 atom stereocenters. The van der Waals surface area contributed by atoms with E-state index in [2.05, 4.69) is 47.9 Å². The van der Waals surface area contributed by atoms with Gasteiger partial charge in [-0.15, -0.1) is 11.8 Å². The maximum atomic E-state index is 3.31. The fourth-order valence-corrected chi connectivity index (χ4v) is 1.27. The van der Waals surface area contributed by atoms with Crippen molar-refractivity contribution in [1.29, 1.82) is 0 Å². The quantitative estimate of drug-likeness (QED) is 0.551. The van der Waals surface area contributed by atoms with Crippen molar-refractivity contribution in [1.82, 2.24) is 4.68 Å². The Balaban J connectivity index is 2.47. The molecule has 0 spiro atoms. The third-order valence-electron chi connectivity index (χ3n) is 1.97. The molecule has 0 aliphatic rings. The van der Waals surface area contributed by atoms with E-state index in [-0.39, 0.29) is 0 Å². The first-order valence-corrected chi connectivity index (χ1v) is 4.54. The standard InChI is InChI=1S/C11H16N2/c1-4-5-6-9-12-13-10(2)7-8-11(13)3/h7-8,12H,6,9H2,1-3H3. The third kappa shape index (κ3) is 2.55. The topological polar surface area (TPSA) is 17.0 Å². The molecule has 2 nitrogen and oxygen atoms in total. The minimum absolute atomic E-state index is 0.896. The van der Waals surface area contributed by atoms with Crippen molar-refractivity contribution in [3.05, 3.63) is 23.5 Å². The Bertz CT molecular complexity index is 306. The fraction of sp³-hybridized carbons (Fsp3) is 0.455. The monoisotopic (exact) mass is 176 g/mol. The average molecular weight is 176 g/mol. The van der Waals surface area contributed by atoms with Crippen molar-refractivity contribution in [3.63, 3.8) is 0 Å². The van der Waals surface area contributed by atoms with E-state index in [4.69, 9.17) is 0 Å². The van der Waals surface area contributed by atoms with Crippen molar-refractivity contribution < 1.29 is 0 Å². The van der Waals surface area contributed by atoms with Gasteiger partial charge in [0.25, 0.3) is 0 Å². The number of nitrogens with one attached hydrogen (secondary N) is 1. The molecule has 0 bridgehead atoms. The zero-order valence-corrected chi connectivity index (χ0v) is 8.52. The number of hydrogen-bond acceptors (Lipinski definition) is 1. The van der Waals surface area contributed by atoms with Crippen LogP contribution in [0.2, 0.25) is 0 Å². The van der Waals surface area contributed by atoms with E-state index in [1.807, 2.05) is 6.92 Å². The van der Waals surface area contributed by atoms with Crippen LogP contribution in [-0.2, 0) is 0 Å². The van der Waals surface area contributed by atoms with Gasteiger partial charge in [0.15, 0.2) is 0 Å². The molecule has 1 rings (SSSR count). The van der Waals surface area contributed by atoms with Crippen LogP contribution in [-0.4, -0.2) is 11.2 Å². The molecule has 1 N–H and O–H groups in total. The van der Waals surface area contributed by atoms with Gasteiger partial charge in [0.1, 0.15) is 0 Å². The Morgan fingerprint density at radius 1 is 1.31 bits per heavy atom. The highest BCUT2D eigenvalue weighted by Gasteiger charge is 1.97. The van der Waals surface area contributed by atoms with E-state index in [1.54, 1.807) is 0 Å². The Kier molecular flexibility index (Phi) is 3.45. The second-order valence-electron chi connectivity index (χ2n) is 3.04. The minimum Gasteiger partial charge on any atom is -0.325 e. The molecule has 0 radical (unpaired) electrons. The highest BCUT2D eigenvalue weighted by molar-refractivity contribution is 5.15. The van der Waals surface area contributed by atoms with Gasteiger partial charge in [-0.3, -0.25) is 4.68 Å². The molecule has 0 amide bonds. The molecular formula is C11H16N2. The lowest BCUT2D eigenvalue weighted by molar-refractivity contribution is 0.793. The van der Waals surface area contributed by atoms with E-state index in [9.17, 15) is 0 Å². The Morgan fingerprint density at radius 2 is 1.92 bits per heavy atom. The van der Waals surface area contributed by atoms with E-state index in [1.165, 1.54) is 11.4 Å². The summed E-state index contributed by atoms with van der Waals surface area (Å²) < 4.78 is 2.09. The van der Waals surface area contributed by atoms with E-state index in [0.29, 0.717) is 0 Å². The van der Waals surface area contributed by atoms with Crippen LogP contribution in [0.15, 0.2) is 12.1 Å². The normalized spacial score (nSPS) is 9.15. The molecule has 2 heteroatoms. The molecular weight excluding hydrogens is 160 g/mol. The van der Waals surface area contributed by atoms with Crippen LogP contribution in [0, 0.1) is 25.7 Å². The maximum absolute atomic E-state index is 3.31. The summed E-state index contributed by atoms with van der Waals surface area (Å²) in [6, 6.07) is 4.21. The second-order valence-corrected chi connectivity index (χ2v) is 3.04. The van der Waals surface area contributed by atoms with Gasteiger partial charge in [0, 0.05) is 24.4 Å². The molecule has 0 saturated carbocycles. The van der Waals surface area contributed by atoms with Crippen LogP contribution in [0.5, 0.6) is 0 Å². The van der Waals surface area contributed by atoms with Gasteiger partial charge in [0.05, 0.1) is 0 Å². The van der Waals surface area contributed by atoms with Gasteiger partial charge in [0.2, 0.25) is 0 Å². The van der Waals surface area contributed by atoms with Gasteiger partial charge < -0.3 is 5.43 Å². The summed E-state index contributed by atoms with van der Waals surface area (Å²) >= 11 is 0. The predicted octanol–water partition coefficient (Wildman–Crippen LogP) is 2.06. The number of aryl methyl sites for hydroxylation is 2. The molecule has 0 saturated heterocycles. The molecule has 1 heterocycles. The molecule has 1 aromatic heterocycles. The van der Waals surface area contributed by atoms with Gasteiger partial charge >= 0.3 is 0 Å². The number of hydrogen-bond donors (Lipinski definition) is 1. The predicted molar refractivity (Wildman–Crippen MR) is 56.2 cm³/mol. The second kappa shape index (κ2) is 4.61. The Morgan fingerprint density at radius 3 is 2.46 bits per heavy atom.